The molecule has 17 N–H and O–H groups in total. The van der Waals surface area contributed by atoms with E-state index in [9.17, 15) is 82.4 Å². The number of aldehydes is 1. The van der Waals surface area contributed by atoms with Crippen molar-refractivity contribution in [1.29, 1.82) is 5.41 Å². The van der Waals surface area contributed by atoms with Gasteiger partial charge in [0.15, 0.2) is 5.96 Å². The first-order valence-corrected chi connectivity index (χ1v) is 33.9. The number of phenols is 1. The van der Waals surface area contributed by atoms with Crippen LogP contribution >= 0.6 is 11.8 Å². The van der Waals surface area contributed by atoms with Gasteiger partial charge in [-0.1, -0.05) is 86.6 Å². The van der Waals surface area contributed by atoms with E-state index in [4.69, 9.17) is 16.9 Å². The number of carbonyl (C=O) groups excluding carboxylic acids is 14. The number of hydrogen-bond donors (Lipinski definition) is 15. The van der Waals surface area contributed by atoms with Crippen LogP contribution in [0.1, 0.15) is 56.7 Å². The van der Waals surface area contributed by atoms with Crippen LogP contribution in [0.15, 0.2) is 84.9 Å². The molecule has 36 heteroatoms. The van der Waals surface area contributed by atoms with E-state index < -0.39 is 181 Å². The van der Waals surface area contributed by atoms with Gasteiger partial charge in [0.1, 0.15) is 66.4 Å². The number of nitrogens with zero attached hydrogens (tertiary/aromatic N) is 5. The second-order valence-corrected chi connectivity index (χ2v) is 25.6. The molecule has 0 heterocycles. The smallest absolute Gasteiger partial charge is 0.305 e. The quantitative estimate of drug-likeness (QED) is 0.0109. The average molecular weight is 1460 g/mol. The Bertz CT molecular complexity index is 3430. The number of carboxylic acid groups (broad SMARTS) is 1. The molecule has 0 saturated carbocycles. The molecular weight excluding hydrogens is 1360 g/mol. The molecule has 0 aliphatic carbocycles. The Hall–Kier alpha value is -10.7. The summed E-state index contributed by atoms with van der Waals surface area (Å²) in [6.07, 6.45) is -0.749. The van der Waals surface area contributed by atoms with Crippen molar-refractivity contribution in [2.75, 3.05) is 93.1 Å². The first kappa shape index (κ1) is 86.5. The molecule has 13 amide bonds. The van der Waals surface area contributed by atoms with E-state index in [2.05, 4.69) is 47.9 Å². The number of aliphatic hydroxyl groups is 1. The molecule has 0 fully saturated rings. The molecule has 3 aromatic rings. The maximum absolute atomic E-state index is 15.1. The van der Waals surface area contributed by atoms with Gasteiger partial charge in [-0.25, -0.2) is 0 Å². The van der Waals surface area contributed by atoms with Crippen LogP contribution in [0.2, 0.25) is 0 Å². The van der Waals surface area contributed by atoms with Crippen LogP contribution in [0, 0.1) is 11.3 Å². The minimum Gasteiger partial charge on any atom is -0.508 e. The lowest BCUT2D eigenvalue weighted by atomic mass is 10.0. The molecule has 0 spiro atoms. The number of thioether (sulfide) groups is 1. The van der Waals surface area contributed by atoms with Crippen molar-refractivity contribution < 1.29 is 87.2 Å². The summed E-state index contributed by atoms with van der Waals surface area (Å²) < 4.78 is 0. The molecule has 103 heavy (non-hydrogen) atoms. The predicted molar refractivity (Wildman–Crippen MR) is 377 cm³/mol. The van der Waals surface area contributed by atoms with Crippen molar-refractivity contribution in [2.45, 2.75) is 114 Å². The van der Waals surface area contributed by atoms with Crippen molar-refractivity contribution >= 4 is 107 Å². The zero-order valence-electron chi connectivity index (χ0n) is 59.1. The standard InChI is InChI=1S/C67H97N17O18S/c1-39(2)58(66(102)82(7)44(35-85)36-86)79-61(97)47(30-57(93)94)77-59(95)40(3)81(6)56(92)33-73-55(91)38-103-37-49(60(96)74-31-52(68)88)78-62(98)50(28-41-17-12-10-13-18-41)83(8)64(100)48(27-43-22-24-45(87)25-23-43)76-54(90)34-80(5)65(101)51(29-42-19-14-11-15-20-42)84(9)63(99)46(75-53(89)32-71-4)21-16-26-72-67(69)70/h10-15,17-20,22-25,35,39-40,44,46-51,58,71,86-87H,16,21,26-34,36-38H2,1-9H3,(H2,68,88)(H,73,91)(H,74,96)(H,75,89)(H,76,90)(H,77,95)(H,78,98)(H,79,97)(H,93,94)(H4,69,70,72)/t40-,44+,46-,47-,48-,49-,50-,51-,58?/m0/s1. The van der Waals surface area contributed by atoms with Gasteiger partial charge in [-0.2, -0.15) is 0 Å². The van der Waals surface area contributed by atoms with Gasteiger partial charge >= 0.3 is 5.97 Å². The van der Waals surface area contributed by atoms with Crippen molar-refractivity contribution in [3.8, 4) is 5.75 Å². The molecule has 3 aromatic carbocycles. The van der Waals surface area contributed by atoms with E-state index in [0.29, 0.717) is 23.0 Å². The SMILES string of the molecule is CNCC(=O)N[C@@H](CCCNC(=N)N)C(=O)N(C)[C@@H](Cc1ccccc1)C(=O)N(C)CC(=O)N[C@@H](Cc1ccc(O)cc1)C(=O)N(C)[C@@H](Cc1ccccc1)C(=O)N[C@@H](CSCC(=O)NCC(=O)N(C)[C@@H](C)C(=O)N[C@@H](CC(=O)O)C(=O)NC(C(=O)N(C)[C@H](C=O)CO)C(C)C)C(=O)NCC(N)=O. The van der Waals surface area contributed by atoms with Gasteiger partial charge in [0.05, 0.1) is 45.0 Å². The number of hydrogen-bond acceptors (Lipinski definition) is 20. The van der Waals surface area contributed by atoms with Crippen molar-refractivity contribution in [1.82, 2.24) is 72.4 Å². The first-order valence-electron chi connectivity index (χ1n) is 32.7. The van der Waals surface area contributed by atoms with Crippen molar-refractivity contribution in [2.24, 2.45) is 17.4 Å². The van der Waals surface area contributed by atoms with E-state index in [1.165, 1.54) is 71.3 Å². The van der Waals surface area contributed by atoms with Crippen LogP contribution in [0.25, 0.3) is 0 Å². The van der Waals surface area contributed by atoms with E-state index in [-0.39, 0.29) is 62.7 Å². The van der Waals surface area contributed by atoms with Gasteiger partial charge in [-0.15, -0.1) is 11.8 Å². The van der Waals surface area contributed by atoms with E-state index in [1.807, 2.05) is 0 Å². The summed E-state index contributed by atoms with van der Waals surface area (Å²) in [5, 5.41) is 59.6. The predicted octanol–water partition coefficient (Wildman–Crippen LogP) is -5.11. The first-order chi connectivity index (χ1) is 48.6. The molecule has 1 unspecified atom stereocenters. The largest absolute Gasteiger partial charge is 0.508 e. The highest BCUT2D eigenvalue weighted by Gasteiger charge is 2.39. The third-order valence-electron chi connectivity index (χ3n) is 16.3. The Morgan fingerprint density at radius 2 is 1.12 bits per heavy atom. The molecule has 0 bridgehead atoms. The molecule has 0 aliphatic rings. The lowest BCUT2D eigenvalue weighted by molar-refractivity contribution is -0.147. The average Bonchev–Trinajstić information content (AvgIpc) is 0.834. The van der Waals surface area contributed by atoms with Crippen LogP contribution in [0.5, 0.6) is 5.75 Å². The molecule has 0 aliphatic heterocycles. The van der Waals surface area contributed by atoms with Crippen LogP contribution in [0.3, 0.4) is 0 Å². The Morgan fingerprint density at radius 3 is 1.66 bits per heavy atom. The molecule has 0 radical (unpaired) electrons. The summed E-state index contributed by atoms with van der Waals surface area (Å²) >= 11 is 0.786. The highest BCUT2D eigenvalue weighted by Crippen LogP contribution is 2.19. The van der Waals surface area contributed by atoms with E-state index in [0.717, 1.165) is 31.4 Å². The van der Waals surface area contributed by atoms with Crippen LogP contribution in [-0.2, 0) is 91.2 Å². The zero-order chi connectivity index (χ0) is 77.2. The molecule has 564 valence electrons. The Kier molecular flexibility index (Phi) is 36.8. The second-order valence-electron chi connectivity index (χ2n) is 24.6. The Balaban J connectivity index is 1.88. The van der Waals surface area contributed by atoms with Gasteiger partial charge in [-0.05, 0) is 61.6 Å². The number of nitrogens with one attached hydrogen (secondary N) is 10. The number of amides is 13. The lowest BCUT2D eigenvalue weighted by Gasteiger charge is -2.34. The summed E-state index contributed by atoms with van der Waals surface area (Å²) in [7, 11) is 7.93. The number of carboxylic acids is 1. The van der Waals surface area contributed by atoms with Gasteiger partial charge in [-0.3, -0.25) is 72.5 Å². The minimum absolute atomic E-state index is 0.0378. The summed E-state index contributed by atoms with van der Waals surface area (Å²) in [6.45, 7) is 1.61. The molecule has 35 nitrogen and oxygen atoms in total. The second kappa shape index (κ2) is 43.8. The molecular formula is C67H97N17O18S. The molecule has 0 saturated heterocycles. The number of phenolic OH excluding ortho intramolecular Hbond substituents is 1. The number of carbonyl (C=O) groups is 15. The lowest BCUT2D eigenvalue weighted by Crippen LogP contribution is -2.59. The van der Waals surface area contributed by atoms with Crippen LogP contribution < -0.4 is 59.3 Å². The third kappa shape index (κ3) is 29.4. The Morgan fingerprint density at radius 1 is 0.563 bits per heavy atom. The van der Waals surface area contributed by atoms with Gasteiger partial charge in [0.25, 0.3) is 0 Å². The summed E-state index contributed by atoms with van der Waals surface area (Å²) in [5.74, 6) is -14.3. The van der Waals surface area contributed by atoms with Crippen molar-refractivity contribution in [3.63, 3.8) is 0 Å². The fourth-order valence-electron chi connectivity index (χ4n) is 10.2. The highest BCUT2D eigenvalue weighted by atomic mass is 32.2. The number of likely N-dealkylation sites (N-methyl/N-ethyl adjacent to an activating group) is 6. The normalized spacial score (nSPS) is 13.5. The number of aliphatic carboxylic acids is 1. The number of guanidine groups is 1. The van der Waals surface area contributed by atoms with E-state index >= 15 is 4.79 Å². The maximum atomic E-state index is 15.1. The van der Waals surface area contributed by atoms with Crippen molar-refractivity contribution in [3.05, 3.63) is 102 Å². The van der Waals surface area contributed by atoms with Crippen LogP contribution in [-0.4, -0.2) is 282 Å². The topological polar surface area (TPSA) is 517 Å². The van der Waals surface area contributed by atoms with Crippen LogP contribution in [0.4, 0.5) is 0 Å². The molecule has 0 aromatic heterocycles. The number of benzene rings is 3. The summed E-state index contributed by atoms with van der Waals surface area (Å²) in [6, 6.07) is 10.1. The van der Waals surface area contributed by atoms with Gasteiger partial charge in [0, 0.05) is 66.8 Å². The van der Waals surface area contributed by atoms with E-state index in [1.54, 1.807) is 81.6 Å². The fraction of sp³-hybridized carbons (Fsp3) is 0.493. The fourth-order valence-corrected chi connectivity index (χ4v) is 11.0. The highest BCUT2D eigenvalue weighted by molar-refractivity contribution is 8.00. The number of aromatic hydroxyl groups is 1. The molecule has 3 rings (SSSR count). The number of aliphatic hydroxyl groups excluding tert-OH is 1. The van der Waals surface area contributed by atoms with Gasteiger partial charge < -0.3 is 104 Å². The number of nitrogens with two attached hydrogens (primary N) is 2. The maximum Gasteiger partial charge on any atom is 0.305 e. The Labute approximate surface area is 600 Å². The summed E-state index contributed by atoms with van der Waals surface area (Å²) in [5.41, 5.74) is 12.4. The summed E-state index contributed by atoms with van der Waals surface area (Å²) in [4.78, 5) is 207. The third-order valence-corrected chi connectivity index (χ3v) is 17.3. The minimum atomic E-state index is -1.78. The monoisotopic (exact) mass is 1460 g/mol. The number of rotatable bonds is 44. The number of primary amides is 1. The van der Waals surface area contributed by atoms with Gasteiger partial charge in [0.2, 0.25) is 76.8 Å². The zero-order valence-corrected chi connectivity index (χ0v) is 59.9. The molecule has 9 atom stereocenters.